The molecule has 17 heteroatoms. The number of nitrogens with zero attached hydrogens (tertiary/aromatic N) is 6. The minimum atomic E-state index is -4.86. The van der Waals surface area contributed by atoms with Crippen LogP contribution in [-0.4, -0.2) is 22.6 Å². The molecular weight excluding hydrogens is 767 g/mol. The van der Waals surface area contributed by atoms with E-state index in [2.05, 4.69) is 20.5 Å². The predicted octanol–water partition coefficient (Wildman–Crippen LogP) is 9.31. The molecule has 0 bridgehead atoms. The largest absolute Gasteiger partial charge is 0.379 e. The Kier molecular flexibility index (Phi) is 11.1. The van der Waals surface area contributed by atoms with Crippen LogP contribution in [0.4, 0.5) is 31.5 Å². The molecule has 0 atom stereocenters. The van der Waals surface area contributed by atoms with Crippen LogP contribution in [0.2, 0.25) is 0 Å². The molecule has 0 radical (unpaired) electrons. The molecule has 0 unspecified atom stereocenters. The monoisotopic (exact) mass is 788 g/mol. The van der Waals surface area contributed by atoms with Crippen molar-refractivity contribution in [2.45, 2.75) is 9.79 Å². The number of nitriles is 2. The number of azo groups is 2. The van der Waals surface area contributed by atoms with E-state index in [1.165, 1.54) is 48.5 Å². The fraction of sp³-hybridized carbons (Fsp3) is 0. The van der Waals surface area contributed by atoms with E-state index < -0.39 is 47.4 Å². The van der Waals surface area contributed by atoms with Crippen molar-refractivity contribution in [1.82, 2.24) is 0 Å². The SMILES string of the molecule is N#Cc1ccc(N=Nc2ccc(OS(=O)(=O)c3cc(C(=O)c4ccc(F)c(S(=O)(=O)Oc5ccc(N=Nc6ccc(C#N)cc6)cc5)c4)ccc3F)cc2)cc1. The van der Waals surface area contributed by atoms with Crippen LogP contribution >= 0.6 is 0 Å². The fourth-order valence-corrected chi connectivity index (χ4v) is 6.82. The Hall–Kier alpha value is -7.47. The molecule has 0 aliphatic carbocycles. The first-order chi connectivity index (χ1) is 26.8. The number of benzene rings is 6. The van der Waals surface area contributed by atoms with Crippen LogP contribution in [-0.2, 0) is 20.2 Å². The number of carbonyl (C=O) groups excluding carboxylic acids is 1. The van der Waals surface area contributed by atoms with E-state index in [0.29, 0.717) is 58.1 Å². The topological polar surface area (TPSA) is 201 Å². The highest BCUT2D eigenvalue weighted by Crippen LogP contribution is 2.29. The summed E-state index contributed by atoms with van der Waals surface area (Å²) in [5.41, 5.74) is 1.70. The summed E-state index contributed by atoms with van der Waals surface area (Å²) in [6, 6.07) is 31.9. The van der Waals surface area contributed by atoms with Crippen molar-refractivity contribution in [3.05, 3.63) is 167 Å². The molecule has 0 spiro atoms. The second kappa shape index (κ2) is 16.3. The van der Waals surface area contributed by atoms with E-state index >= 15 is 0 Å². The standard InChI is InChI=1S/C39H22F2N6O7S2/c40-35-19-5-27(21-37(35)55(49,50)53-33-15-11-31(12-16-33)46-44-29-7-1-25(23-42)2-8-29)39(48)28-6-20-36(41)38(22-28)56(51,52)54-34-17-13-32(14-18-34)47-45-30-9-3-26(24-43)4-10-30/h1-22H. The Morgan fingerprint density at radius 1 is 0.482 bits per heavy atom. The molecule has 276 valence electrons. The van der Waals surface area contributed by atoms with Crippen LogP contribution in [0.25, 0.3) is 0 Å². The molecule has 0 aliphatic rings. The number of ketones is 1. The van der Waals surface area contributed by atoms with Crippen molar-refractivity contribution in [1.29, 1.82) is 10.5 Å². The van der Waals surface area contributed by atoms with E-state index in [9.17, 15) is 30.4 Å². The third-order valence-corrected chi connectivity index (χ3v) is 10.1. The van der Waals surface area contributed by atoms with E-state index in [1.807, 2.05) is 12.1 Å². The van der Waals surface area contributed by atoms with Crippen molar-refractivity contribution in [3.63, 3.8) is 0 Å². The summed E-state index contributed by atoms with van der Waals surface area (Å²) in [5, 5.41) is 33.9. The Labute approximate surface area is 318 Å². The van der Waals surface area contributed by atoms with Crippen LogP contribution in [0.3, 0.4) is 0 Å². The van der Waals surface area contributed by atoms with Gasteiger partial charge in [-0.1, -0.05) is 0 Å². The summed E-state index contributed by atoms with van der Waals surface area (Å²) >= 11 is 0. The Bertz CT molecular complexity index is 2630. The van der Waals surface area contributed by atoms with Crippen molar-refractivity contribution in [2.24, 2.45) is 20.5 Å². The lowest BCUT2D eigenvalue weighted by Crippen LogP contribution is -2.14. The molecule has 0 heterocycles. The average Bonchev–Trinajstić information content (AvgIpc) is 3.20. The zero-order valence-corrected chi connectivity index (χ0v) is 29.9. The normalized spacial score (nSPS) is 11.6. The Balaban J connectivity index is 1.15. The molecule has 0 aliphatic heterocycles. The number of hydrogen-bond donors (Lipinski definition) is 0. The first kappa shape index (κ1) is 38.3. The van der Waals surface area contributed by atoms with Gasteiger partial charge in [-0.15, -0.1) is 0 Å². The molecule has 6 aromatic carbocycles. The molecule has 0 fully saturated rings. The maximum absolute atomic E-state index is 14.9. The van der Waals surface area contributed by atoms with E-state index in [4.69, 9.17) is 18.9 Å². The lowest BCUT2D eigenvalue weighted by Gasteiger charge is -2.11. The summed E-state index contributed by atoms with van der Waals surface area (Å²) in [4.78, 5) is 11.4. The zero-order chi connectivity index (χ0) is 39.9. The van der Waals surface area contributed by atoms with Crippen LogP contribution in [0, 0.1) is 34.3 Å². The third-order valence-electron chi connectivity index (χ3n) is 7.57. The molecule has 0 saturated carbocycles. The summed E-state index contributed by atoms with van der Waals surface area (Å²) < 4.78 is 92.4. The minimum absolute atomic E-state index is 0.214. The molecule has 6 aromatic rings. The van der Waals surface area contributed by atoms with Gasteiger partial charge in [0, 0.05) is 11.1 Å². The van der Waals surface area contributed by atoms with Crippen molar-refractivity contribution in [3.8, 4) is 23.6 Å². The molecule has 13 nitrogen and oxygen atoms in total. The number of hydrogen-bond acceptors (Lipinski definition) is 13. The van der Waals surface area contributed by atoms with Crippen molar-refractivity contribution >= 4 is 48.8 Å². The van der Waals surface area contributed by atoms with Gasteiger partial charge in [-0.05, 0) is 133 Å². The van der Waals surface area contributed by atoms with Crippen LogP contribution < -0.4 is 8.37 Å². The van der Waals surface area contributed by atoms with Crippen LogP contribution in [0.1, 0.15) is 27.0 Å². The van der Waals surface area contributed by atoms with Crippen molar-refractivity contribution < 1.29 is 38.8 Å². The molecule has 56 heavy (non-hydrogen) atoms. The highest BCUT2D eigenvalue weighted by atomic mass is 32.2. The fourth-order valence-electron chi connectivity index (χ4n) is 4.76. The van der Waals surface area contributed by atoms with Gasteiger partial charge in [-0.3, -0.25) is 4.79 Å². The van der Waals surface area contributed by atoms with Crippen LogP contribution in [0.15, 0.2) is 164 Å². The smallest absolute Gasteiger partial charge is 0.342 e. The third kappa shape index (κ3) is 9.18. The average molecular weight is 789 g/mol. The molecule has 0 amide bonds. The second-order valence-corrected chi connectivity index (χ2v) is 14.4. The maximum Gasteiger partial charge on any atom is 0.342 e. The predicted molar refractivity (Wildman–Crippen MR) is 195 cm³/mol. The number of carbonyl (C=O) groups is 1. The van der Waals surface area contributed by atoms with Gasteiger partial charge in [0.2, 0.25) is 0 Å². The number of rotatable bonds is 12. The van der Waals surface area contributed by atoms with Gasteiger partial charge in [0.15, 0.2) is 5.78 Å². The highest BCUT2D eigenvalue weighted by Gasteiger charge is 2.27. The maximum atomic E-state index is 14.9. The summed E-state index contributed by atoms with van der Waals surface area (Å²) in [7, 11) is -9.72. The molecule has 0 aromatic heterocycles. The highest BCUT2D eigenvalue weighted by molar-refractivity contribution is 7.87. The van der Waals surface area contributed by atoms with Crippen LogP contribution in [0.5, 0.6) is 11.5 Å². The van der Waals surface area contributed by atoms with Crippen molar-refractivity contribution in [2.75, 3.05) is 0 Å². The lowest BCUT2D eigenvalue weighted by atomic mass is 10.0. The quantitative estimate of drug-likeness (QED) is 0.0658. The molecular formula is C39H22F2N6O7S2. The van der Waals surface area contributed by atoms with Gasteiger partial charge in [0.1, 0.15) is 32.9 Å². The summed E-state index contributed by atoms with van der Waals surface area (Å²) in [5.74, 6) is -3.88. The first-order valence-electron chi connectivity index (χ1n) is 15.9. The first-order valence-corrected chi connectivity index (χ1v) is 18.7. The van der Waals surface area contributed by atoms with Gasteiger partial charge in [-0.2, -0.15) is 47.8 Å². The van der Waals surface area contributed by atoms with E-state index in [1.54, 1.807) is 48.5 Å². The number of halogens is 2. The lowest BCUT2D eigenvalue weighted by molar-refractivity contribution is 0.103. The minimum Gasteiger partial charge on any atom is -0.379 e. The van der Waals surface area contributed by atoms with E-state index in [0.717, 1.165) is 12.1 Å². The van der Waals surface area contributed by atoms with E-state index in [-0.39, 0.29) is 22.6 Å². The van der Waals surface area contributed by atoms with Gasteiger partial charge < -0.3 is 8.37 Å². The Morgan fingerprint density at radius 2 is 0.786 bits per heavy atom. The Morgan fingerprint density at radius 3 is 1.09 bits per heavy atom. The van der Waals surface area contributed by atoms with Gasteiger partial charge >= 0.3 is 20.2 Å². The second-order valence-electron chi connectivity index (χ2n) is 11.4. The zero-order valence-electron chi connectivity index (χ0n) is 28.3. The van der Waals surface area contributed by atoms with Gasteiger partial charge in [0.05, 0.1) is 46.0 Å². The summed E-state index contributed by atoms with van der Waals surface area (Å²) in [6.45, 7) is 0. The molecule has 0 saturated heterocycles. The molecule has 0 N–H and O–H groups in total. The van der Waals surface area contributed by atoms with Gasteiger partial charge in [0.25, 0.3) is 0 Å². The van der Waals surface area contributed by atoms with Gasteiger partial charge in [-0.25, -0.2) is 8.78 Å². The molecule has 6 rings (SSSR count). The summed E-state index contributed by atoms with van der Waals surface area (Å²) in [6.07, 6.45) is 0.